The first-order valence-corrected chi connectivity index (χ1v) is 6.73. The number of nitrogens with one attached hydrogen (secondary N) is 2. The molecule has 0 bridgehead atoms. The van der Waals surface area contributed by atoms with E-state index in [1.54, 1.807) is 4.90 Å². The van der Waals surface area contributed by atoms with Gasteiger partial charge in [-0.3, -0.25) is 4.79 Å². The monoisotopic (exact) mass is 270 g/mol. The molecule has 2 heterocycles. The summed E-state index contributed by atoms with van der Waals surface area (Å²) in [4.78, 5) is 21.2. The highest BCUT2D eigenvalue weighted by molar-refractivity contribution is 6.30. The van der Waals surface area contributed by atoms with E-state index in [1.807, 2.05) is 14.0 Å². The number of piperidine rings is 1. The summed E-state index contributed by atoms with van der Waals surface area (Å²) in [5.74, 6) is 0.265. The summed E-state index contributed by atoms with van der Waals surface area (Å²) in [6.07, 6.45) is 2.71. The van der Waals surface area contributed by atoms with E-state index >= 15 is 0 Å². The van der Waals surface area contributed by atoms with Gasteiger partial charge in [-0.1, -0.05) is 18.5 Å². The van der Waals surface area contributed by atoms with E-state index in [2.05, 4.69) is 15.3 Å². The summed E-state index contributed by atoms with van der Waals surface area (Å²) < 4.78 is 0. The Balaban J connectivity index is 2.09. The fourth-order valence-corrected chi connectivity index (χ4v) is 2.52. The van der Waals surface area contributed by atoms with Gasteiger partial charge >= 0.3 is 0 Å². The third kappa shape index (κ3) is 2.67. The Morgan fingerprint density at radius 1 is 1.50 bits per heavy atom. The van der Waals surface area contributed by atoms with Crippen molar-refractivity contribution in [2.45, 2.75) is 32.2 Å². The number of amides is 1. The summed E-state index contributed by atoms with van der Waals surface area (Å²) in [7, 11) is 1.83. The fraction of sp³-hybridized carbons (Fsp3) is 0.667. The van der Waals surface area contributed by atoms with Crippen LogP contribution in [-0.2, 0) is 6.42 Å². The zero-order chi connectivity index (χ0) is 13.1. The van der Waals surface area contributed by atoms with E-state index in [4.69, 9.17) is 11.6 Å². The largest absolute Gasteiger partial charge is 0.336 e. The van der Waals surface area contributed by atoms with Gasteiger partial charge in [-0.2, -0.15) is 0 Å². The second kappa shape index (κ2) is 5.71. The van der Waals surface area contributed by atoms with Crippen LogP contribution in [0, 0.1) is 0 Å². The molecule has 0 aliphatic carbocycles. The third-order valence-corrected chi connectivity index (χ3v) is 3.77. The summed E-state index contributed by atoms with van der Waals surface area (Å²) >= 11 is 5.96. The van der Waals surface area contributed by atoms with Crippen LogP contribution < -0.4 is 5.32 Å². The molecule has 1 aromatic rings. The summed E-state index contributed by atoms with van der Waals surface area (Å²) in [6, 6.07) is 0.285. The second-order valence-electron chi connectivity index (χ2n) is 4.61. The van der Waals surface area contributed by atoms with Crippen molar-refractivity contribution in [3.63, 3.8) is 0 Å². The molecule has 1 aliphatic heterocycles. The van der Waals surface area contributed by atoms with Gasteiger partial charge in [0, 0.05) is 13.1 Å². The minimum atomic E-state index is -0.0801. The average molecular weight is 271 g/mol. The molecule has 2 N–H and O–H groups in total. The van der Waals surface area contributed by atoms with Gasteiger partial charge in [0.25, 0.3) is 5.91 Å². The highest BCUT2D eigenvalue weighted by Gasteiger charge is 2.25. The maximum atomic E-state index is 12.3. The number of hydrogen-bond donors (Lipinski definition) is 2. The second-order valence-corrected chi connectivity index (χ2v) is 4.96. The molecule has 2 rings (SSSR count). The highest BCUT2D eigenvalue weighted by Crippen LogP contribution is 2.16. The maximum Gasteiger partial charge on any atom is 0.289 e. The number of hydrogen-bond acceptors (Lipinski definition) is 3. The predicted molar refractivity (Wildman–Crippen MR) is 71.0 cm³/mol. The highest BCUT2D eigenvalue weighted by atomic mass is 35.5. The molecular formula is C12H19ClN4O. The van der Waals surface area contributed by atoms with Crippen molar-refractivity contribution in [2.75, 3.05) is 20.1 Å². The predicted octanol–water partition coefficient (Wildman–Crippen LogP) is 1.45. The molecule has 0 aromatic carbocycles. The van der Waals surface area contributed by atoms with Crippen molar-refractivity contribution in [2.24, 2.45) is 0 Å². The molecule has 0 radical (unpaired) electrons. The normalized spacial score (nSPS) is 16.8. The van der Waals surface area contributed by atoms with Crippen LogP contribution in [-0.4, -0.2) is 47.0 Å². The molecule has 1 saturated heterocycles. The van der Waals surface area contributed by atoms with E-state index in [0.717, 1.165) is 38.0 Å². The molecule has 0 saturated carbocycles. The third-order valence-electron chi connectivity index (χ3n) is 3.46. The average Bonchev–Trinajstić information content (AvgIpc) is 2.79. The molecule has 18 heavy (non-hydrogen) atoms. The topological polar surface area (TPSA) is 61.0 Å². The molecule has 1 aliphatic rings. The molecule has 6 heteroatoms. The zero-order valence-corrected chi connectivity index (χ0v) is 11.5. The lowest BCUT2D eigenvalue weighted by Crippen LogP contribution is -2.44. The van der Waals surface area contributed by atoms with Crippen molar-refractivity contribution < 1.29 is 4.79 Å². The van der Waals surface area contributed by atoms with Crippen molar-refractivity contribution in [3.05, 3.63) is 16.7 Å². The van der Waals surface area contributed by atoms with Crippen LogP contribution in [0.5, 0.6) is 0 Å². The van der Waals surface area contributed by atoms with Crippen molar-refractivity contribution in [1.29, 1.82) is 0 Å². The lowest BCUT2D eigenvalue weighted by Gasteiger charge is -2.31. The number of imidazole rings is 1. The molecule has 100 valence electrons. The Morgan fingerprint density at radius 2 is 2.17 bits per heavy atom. The molecule has 1 amide bonds. The standard InChI is InChI=1S/C12H19ClN4O/c1-3-9-10(13)16-11(15-9)12(18)17(2)8-4-6-14-7-5-8/h8,14H,3-7H2,1-2H3,(H,15,16). The number of nitrogens with zero attached hydrogens (tertiary/aromatic N) is 2. The number of carbonyl (C=O) groups is 1. The molecule has 1 aromatic heterocycles. The van der Waals surface area contributed by atoms with Crippen LogP contribution in [0.4, 0.5) is 0 Å². The van der Waals surface area contributed by atoms with Gasteiger partial charge in [0.15, 0.2) is 11.0 Å². The van der Waals surface area contributed by atoms with Gasteiger partial charge in [0.1, 0.15) is 0 Å². The smallest absolute Gasteiger partial charge is 0.289 e. The van der Waals surface area contributed by atoms with Crippen molar-refractivity contribution in [1.82, 2.24) is 20.2 Å². The Bertz CT molecular complexity index is 426. The van der Waals surface area contributed by atoms with E-state index in [-0.39, 0.29) is 11.9 Å². The van der Waals surface area contributed by atoms with Crippen LogP contribution in [0.1, 0.15) is 36.1 Å². The van der Waals surface area contributed by atoms with Crippen LogP contribution >= 0.6 is 11.6 Å². The Labute approximate surface area is 112 Å². The van der Waals surface area contributed by atoms with Crippen LogP contribution in [0.15, 0.2) is 0 Å². The van der Waals surface area contributed by atoms with Crippen LogP contribution in [0.25, 0.3) is 0 Å². The summed E-state index contributed by atoms with van der Waals surface area (Å²) in [5.41, 5.74) is 0.818. The molecule has 0 atom stereocenters. The lowest BCUT2D eigenvalue weighted by molar-refractivity contribution is 0.0692. The molecule has 5 nitrogen and oxygen atoms in total. The van der Waals surface area contributed by atoms with Gasteiger partial charge in [-0.05, 0) is 32.4 Å². The quantitative estimate of drug-likeness (QED) is 0.874. The van der Waals surface area contributed by atoms with Crippen molar-refractivity contribution >= 4 is 17.5 Å². The minimum absolute atomic E-state index is 0.0801. The number of aromatic amines is 1. The number of carbonyl (C=O) groups excluding carboxylic acids is 1. The van der Waals surface area contributed by atoms with E-state index in [1.165, 1.54) is 0 Å². The number of rotatable bonds is 3. The van der Waals surface area contributed by atoms with E-state index in [9.17, 15) is 4.79 Å². The van der Waals surface area contributed by atoms with E-state index in [0.29, 0.717) is 11.0 Å². The molecule has 0 unspecified atom stereocenters. The number of halogens is 1. The summed E-state index contributed by atoms with van der Waals surface area (Å²) in [5, 5.41) is 3.69. The molecule has 1 fully saturated rings. The number of aromatic nitrogens is 2. The molecule has 0 spiro atoms. The zero-order valence-electron chi connectivity index (χ0n) is 10.8. The Morgan fingerprint density at radius 3 is 2.72 bits per heavy atom. The van der Waals surface area contributed by atoms with Gasteiger partial charge in [-0.15, -0.1) is 0 Å². The first kappa shape index (κ1) is 13.4. The van der Waals surface area contributed by atoms with Crippen LogP contribution in [0.3, 0.4) is 0 Å². The first-order chi connectivity index (χ1) is 8.63. The van der Waals surface area contributed by atoms with Crippen molar-refractivity contribution in [3.8, 4) is 0 Å². The van der Waals surface area contributed by atoms with Crippen LogP contribution in [0.2, 0.25) is 5.15 Å². The Kier molecular flexibility index (Phi) is 4.24. The van der Waals surface area contributed by atoms with Gasteiger partial charge in [0.2, 0.25) is 0 Å². The number of aryl methyl sites for hydroxylation is 1. The minimum Gasteiger partial charge on any atom is -0.336 e. The number of H-pyrrole nitrogens is 1. The SMILES string of the molecule is CCc1[nH]c(C(=O)N(C)C2CCNCC2)nc1Cl. The fourth-order valence-electron chi connectivity index (χ4n) is 2.25. The van der Waals surface area contributed by atoms with E-state index < -0.39 is 0 Å². The lowest BCUT2D eigenvalue weighted by atomic mass is 10.1. The first-order valence-electron chi connectivity index (χ1n) is 6.35. The summed E-state index contributed by atoms with van der Waals surface area (Å²) in [6.45, 7) is 3.90. The maximum absolute atomic E-state index is 12.3. The van der Waals surface area contributed by atoms with Gasteiger partial charge in [0.05, 0.1) is 5.69 Å². The van der Waals surface area contributed by atoms with Gasteiger partial charge < -0.3 is 15.2 Å². The Hall–Kier alpha value is -1.07. The van der Waals surface area contributed by atoms with Gasteiger partial charge in [-0.25, -0.2) is 4.98 Å². The molecular weight excluding hydrogens is 252 g/mol.